The van der Waals surface area contributed by atoms with Gasteiger partial charge in [-0.15, -0.1) is 11.3 Å². The van der Waals surface area contributed by atoms with Crippen LogP contribution in [0.1, 0.15) is 44.1 Å². The van der Waals surface area contributed by atoms with Gasteiger partial charge in [-0.3, -0.25) is 9.59 Å². The molecule has 2 amide bonds. The molecule has 1 saturated heterocycles. The molecule has 152 valence electrons. The summed E-state index contributed by atoms with van der Waals surface area (Å²) in [6.45, 7) is 6.13. The molecule has 0 radical (unpaired) electrons. The Balaban J connectivity index is 1.49. The minimum Gasteiger partial charge on any atom is -0.459 e. The summed E-state index contributed by atoms with van der Waals surface area (Å²) >= 11 is 1.49. The number of furan rings is 1. The Kier molecular flexibility index (Phi) is 6.88. The molecule has 1 aliphatic rings. The molecule has 0 atom stereocenters. The fraction of sp³-hybridized carbons (Fsp3) is 0.571. The zero-order valence-electron chi connectivity index (χ0n) is 16.9. The monoisotopic (exact) mass is 403 g/mol. The Bertz CT molecular complexity index is 805. The van der Waals surface area contributed by atoms with Crippen LogP contribution in [0.2, 0.25) is 0 Å². The molecule has 3 rings (SSSR count). The summed E-state index contributed by atoms with van der Waals surface area (Å²) in [4.78, 5) is 33.4. The number of aromatic nitrogens is 1. The fourth-order valence-electron chi connectivity index (χ4n) is 3.51. The molecule has 7 heteroatoms. The van der Waals surface area contributed by atoms with Crippen molar-refractivity contribution >= 4 is 23.2 Å². The van der Waals surface area contributed by atoms with E-state index < -0.39 is 0 Å². The number of carbonyl (C=O) groups is 2. The van der Waals surface area contributed by atoms with Crippen molar-refractivity contribution in [2.75, 3.05) is 26.7 Å². The van der Waals surface area contributed by atoms with Crippen LogP contribution in [-0.4, -0.2) is 53.3 Å². The summed E-state index contributed by atoms with van der Waals surface area (Å²) in [5.41, 5.74) is 0.775. The van der Waals surface area contributed by atoms with Crippen molar-refractivity contribution in [2.45, 2.75) is 46.0 Å². The topological polar surface area (TPSA) is 66.7 Å². The molecule has 2 aromatic rings. The van der Waals surface area contributed by atoms with Crippen LogP contribution in [0.25, 0.3) is 10.8 Å². The average molecular weight is 404 g/mol. The summed E-state index contributed by atoms with van der Waals surface area (Å²) in [5.74, 6) is 1.93. The van der Waals surface area contributed by atoms with Crippen molar-refractivity contribution in [3.63, 3.8) is 0 Å². The second-order valence-corrected chi connectivity index (χ2v) is 8.36. The Hall–Kier alpha value is -2.15. The minimum atomic E-state index is 0.0407. The molecule has 28 heavy (non-hydrogen) atoms. The Morgan fingerprint density at radius 1 is 1.32 bits per heavy atom. The van der Waals surface area contributed by atoms with E-state index in [4.69, 9.17) is 4.42 Å². The van der Waals surface area contributed by atoms with Crippen LogP contribution >= 0.6 is 11.3 Å². The van der Waals surface area contributed by atoms with Crippen molar-refractivity contribution in [1.82, 2.24) is 14.8 Å². The zero-order chi connectivity index (χ0) is 20.1. The number of amides is 2. The van der Waals surface area contributed by atoms with Gasteiger partial charge >= 0.3 is 0 Å². The summed E-state index contributed by atoms with van der Waals surface area (Å²) < 4.78 is 5.60. The summed E-state index contributed by atoms with van der Waals surface area (Å²) in [7, 11) is 1.88. The van der Waals surface area contributed by atoms with Gasteiger partial charge < -0.3 is 14.2 Å². The number of piperidine rings is 1. The molecule has 0 aromatic carbocycles. The van der Waals surface area contributed by atoms with Crippen LogP contribution in [0.3, 0.4) is 0 Å². The maximum Gasteiger partial charge on any atom is 0.228 e. The standard InChI is InChI=1S/C21H29N3O3S/c1-4-5-10-23(3)21(26)16-8-11-24(12-9-16)19(25)13-17-14-28-20(22-17)18-7-6-15(2)27-18/h6-7,14,16H,4-5,8-13H2,1-3H3. The number of nitrogens with zero attached hydrogens (tertiary/aromatic N) is 3. The van der Waals surface area contributed by atoms with E-state index in [-0.39, 0.29) is 17.7 Å². The van der Waals surface area contributed by atoms with Crippen molar-refractivity contribution in [2.24, 2.45) is 5.92 Å². The highest BCUT2D eigenvalue weighted by atomic mass is 32.1. The van der Waals surface area contributed by atoms with E-state index in [2.05, 4.69) is 11.9 Å². The van der Waals surface area contributed by atoms with Crippen molar-refractivity contribution < 1.29 is 14.0 Å². The third-order valence-corrected chi connectivity index (χ3v) is 6.16. The number of aryl methyl sites for hydroxylation is 1. The average Bonchev–Trinajstić information content (AvgIpc) is 3.34. The van der Waals surface area contributed by atoms with Crippen LogP contribution in [0.5, 0.6) is 0 Å². The highest BCUT2D eigenvalue weighted by molar-refractivity contribution is 7.13. The van der Waals surface area contributed by atoms with Gasteiger partial charge in [-0.05, 0) is 38.3 Å². The zero-order valence-corrected chi connectivity index (χ0v) is 17.8. The van der Waals surface area contributed by atoms with E-state index in [1.807, 2.05) is 41.3 Å². The lowest BCUT2D eigenvalue weighted by Gasteiger charge is -2.33. The number of likely N-dealkylation sites (tertiary alicyclic amines) is 1. The normalized spacial score (nSPS) is 15.0. The second kappa shape index (κ2) is 9.37. The van der Waals surface area contributed by atoms with Gasteiger partial charge in [0.05, 0.1) is 12.1 Å². The van der Waals surface area contributed by atoms with E-state index in [1.165, 1.54) is 11.3 Å². The largest absolute Gasteiger partial charge is 0.459 e. The Morgan fingerprint density at radius 3 is 2.71 bits per heavy atom. The molecule has 0 saturated carbocycles. The van der Waals surface area contributed by atoms with Crippen LogP contribution in [0.4, 0.5) is 0 Å². The first-order valence-corrected chi connectivity index (χ1v) is 10.9. The molecule has 1 fully saturated rings. The minimum absolute atomic E-state index is 0.0407. The van der Waals surface area contributed by atoms with Gasteiger partial charge in [0, 0.05) is 38.0 Å². The molecule has 6 nitrogen and oxygen atoms in total. The number of hydrogen-bond donors (Lipinski definition) is 0. The quantitative estimate of drug-likeness (QED) is 0.706. The summed E-state index contributed by atoms with van der Waals surface area (Å²) in [5, 5.41) is 2.72. The van der Waals surface area contributed by atoms with Crippen LogP contribution < -0.4 is 0 Å². The fourth-order valence-corrected chi connectivity index (χ4v) is 4.29. The van der Waals surface area contributed by atoms with Gasteiger partial charge in [-0.2, -0.15) is 0 Å². The van der Waals surface area contributed by atoms with Gasteiger partial charge in [-0.1, -0.05) is 13.3 Å². The SMILES string of the molecule is CCCCN(C)C(=O)C1CCN(C(=O)Cc2csc(-c3ccc(C)o3)n2)CC1. The van der Waals surface area contributed by atoms with Gasteiger partial charge in [0.1, 0.15) is 5.76 Å². The third kappa shape index (κ3) is 5.01. The van der Waals surface area contributed by atoms with Gasteiger partial charge in [0.15, 0.2) is 10.8 Å². The molecule has 0 aliphatic carbocycles. The Labute approximate surface area is 170 Å². The molecule has 0 bridgehead atoms. The predicted molar refractivity (Wildman–Crippen MR) is 110 cm³/mol. The Morgan fingerprint density at radius 2 is 2.07 bits per heavy atom. The van der Waals surface area contributed by atoms with Gasteiger partial charge in [0.2, 0.25) is 11.8 Å². The van der Waals surface area contributed by atoms with Gasteiger partial charge in [0.25, 0.3) is 0 Å². The summed E-state index contributed by atoms with van der Waals surface area (Å²) in [6, 6.07) is 3.81. The van der Waals surface area contributed by atoms with Crippen molar-refractivity contribution in [1.29, 1.82) is 0 Å². The highest BCUT2D eigenvalue weighted by Crippen LogP contribution is 2.26. The lowest BCUT2D eigenvalue weighted by molar-refractivity contribution is -0.139. The third-order valence-electron chi connectivity index (χ3n) is 5.26. The molecule has 2 aromatic heterocycles. The van der Waals surface area contributed by atoms with E-state index in [1.54, 1.807) is 0 Å². The van der Waals surface area contributed by atoms with Crippen LogP contribution in [0, 0.1) is 12.8 Å². The molecule has 0 N–H and O–H groups in total. The van der Waals surface area contributed by atoms with Crippen LogP contribution in [0.15, 0.2) is 21.9 Å². The van der Waals surface area contributed by atoms with E-state index >= 15 is 0 Å². The highest BCUT2D eigenvalue weighted by Gasteiger charge is 2.29. The first-order valence-electron chi connectivity index (χ1n) is 10.0. The molecule has 1 aliphatic heterocycles. The molecular weight excluding hydrogens is 374 g/mol. The number of unbranched alkanes of at least 4 members (excludes halogenated alkanes) is 1. The maximum atomic E-state index is 12.6. The molecule has 0 unspecified atom stereocenters. The first-order chi connectivity index (χ1) is 13.5. The maximum absolute atomic E-state index is 12.6. The lowest BCUT2D eigenvalue weighted by atomic mass is 9.95. The first kappa shape index (κ1) is 20.6. The second-order valence-electron chi connectivity index (χ2n) is 7.50. The summed E-state index contributed by atoms with van der Waals surface area (Å²) in [6.07, 6.45) is 3.91. The number of rotatable bonds is 7. The molecule has 0 spiro atoms. The number of carbonyl (C=O) groups excluding carboxylic acids is 2. The predicted octanol–water partition coefficient (Wildman–Crippen LogP) is 3.75. The van der Waals surface area contributed by atoms with E-state index in [0.29, 0.717) is 19.5 Å². The number of hydrogen-bond acceptors (Lipinski definition) is 5. The smallest absolute Gasteiger partial charge is 0.228 e. The lowest BCUT2D eigenvalue weighted by Crippen LogP contribution is -2.44. The van der Waals surface area contributed by atoms with Crippen molar-refractivity contribution in [3.8, 4) is 10.8 Å². The van der Waals surface area contributed by atoms with E-state index in [9.17, 15) is 9.59 Å². The molecular formula is C21H29N3O3S. The molecule has 3 heterocycles. The van der Waals surface area contributed by atoms with Crippen LogP contribution in [-0.2, 0) is 16.0 Å². The van der Waals surface area contributed by atoms with Crippen molar-refractivity contribution in [3.05, 3.63) is 29.0 Å². The van der Waals surface area contributed by atoms with Gasteiger partial charge in [-0.25, -0.2) is 4.98 Å². The number of thiazole rings is 1. The van der Waals surface area contributed by atoms with E-state index in [0.717, 1.165) is 54.5 Å².